The highest BCUT2D eigenvalue weighted by atomic mass is 32.1. The highest BCUT2D eigenvalue weighted by Crippen LogP contribution is 2.32. The Morgan fingerprint density at radius 3 is 2.25 bits per heavy atom. The van der Waals surface area contributed by atoms with E-state index in [1.54, 1.807) is 18.4 Å². The Hall–Kier alpha value is -6.40. The minimum Gasteiger partial charge on any atom is -0.493 e. The van der Waals surface area contributed by atoms with Gasteiger partial charge in [-0.25, -0.2) is 9.99 Å². The van der Waals surface area contributed by atoms with Gasteiger partial charge in [-0.1, -0.05) is 86.4 Å². The number of hydrogen-bond donors (Lipinski definition) is 0. The van der Waals surface area contributed by atoms with Crippen LogP contribution >= 0.6 is 11.3 Å². The van der Waals surface area contributed by atoms with E-state index in [1.807, 2.05) is 71.9 Å². The van der Waals surface area contributed by atoms with Crippen LogP contribution in [0.15, 0.2) is 139 Å². The number of hydrogen-bond acceptors (Lipinski definition) is 11. The van der Waals surface area contributed by atoms with E-state index in [2.05, 4.69) is 81.1 Å². The molecule has 1 unspecified atom stereocenters. The van der Waals surface area contributed by atoms with Crippen LogP contribution in [0, 0.1) is 5.92 Å². The highest BCUT2D eigenvalue weighted by molar-refractivity contribution is 7.22. The van der Waals surface area contributed by atoms with E-state index in [0.29, 0.717) is 50.5 Å². The molecule has 1 fully saturated rings. The number of anilines is 1. The largest absolute Gasteiger partial charge is 0.493 e. The van der Waals surface area contributed by atoms with Gasteiger partial charge in [-0.05, 0) is 125 Å². The lowest BCUT2D eigenvalue weighted by Gasteiger charge is -2.17. The third-order valence-corrected chi connectivity index (χ3v) is 11.8. The number of fused-ring (bicyclic) bond motifs is 2. The summed E-state index contributed by atoms with van der Waals surface area (Å²) in [6.07, 6.45) is 6.72. The van der Waals surface area contributed by atoms with Crippen molar-refractivity contribution in [1.29, 1.82) is 0 Å². The third-order valence-electron chi connectivity index (χ3n) is 10.7. The molecule has 1 atom stereocenters. The Labute approximate surface area is 379 Å². The number of thiazole rings is 1. The van der Waals surface area contributed by atoms with Crippen molar-refractivity contribution >= 4 is 43.7 Å². The van der Waals surface area contributed by atoms with Crippen LogP contribution < -0.4 is 28.7 Å². The molecular formula is C53H55N3O7S. The molecule has 0 N–H and O–H groups in total. The number of aromatic nitrogens is 1. The second kappa shape index (κ2) is 21.8. The molecule has 330 valence electrons. The van der Waals surface area contributed by atoms with Crippen molar-refractivity contribution in [3.05, 3.63) is 162 Å². The molecule has 64 heavy (non-hydrogen) atoms. The molecule has 0 amide bonds. The fourth-order valence-corrected chi connectivity index (χ4v) is 8.03. The Bertz CT molecular complexity index is 2630. The topological polar surface area (TPSA) is 96.4 Å². The van der Waals surface area contributed by atoms with Gasteiger partial charge < -0.3 is 33.2 Å². The molecule has 1 aromatic heterocycles. The van der Waals surface area contributed by atoms with Crippen LogP contribution in [0.4, 0.5) is 5.13 Å². The summed E-state index contributed by atoms with van der Waals surface area (Å²) in [6, 6.07) is 41.1. The average Bonchev–Trinajstić information content (AvgIpc) is 4.05. The molecule has 8 rings (SSSR count). The van der Waals surface area contributed by atoms with Crippen LogP contribution in [0.25, 0.3) is 21.0 Å². The number of benzene rings is 6. The van der Waals surface area contributed by atoms with Gasteiger partial charge in [0.2, 0.25) is 5.13 Å². The van der Waals surface area contributed by atoms with Gasteiger partial charge in [0.25, 0.3) is 0 Å². The molecule has 1 aliphatic heterocycles. The summed E-state index contributed by atoms with van der Waals surface area (Å²) in [7, 11) is 1.68. The van der Waals surface area contributed by atoms with Crippen LogP contribution in [-0.4, -0.2) is 51.0 Å². The van der Waals surface area contributed by atoms with Crippen LogP contribution in [0.3, 0.4) is 0 Å². The number of epoxide rings is 1. The first-order chi connectivity index (χ1) is 31.4. The van der Waals surface area contributed by atoms with Crippen molar-refractivity contribution in [1.82, 2.24) is 4.98 Å². The Kier molecular flexibility index (Phi) is 15.1. The predicted molar refractivity (Wildman–Crippen MR) is 257 cm³/mol. The first-order valence-electron chi connectivity index (χ1n) is 21.9. The molecule has 6 aromatic carbocycles. The molecule has 0 bridgehead atoms. The molecule has 0 saturated carbocycles. The van der Waals surface area contributed by atoms with E-state index in [9.17, 15) is 0 Å². The lowest BCUT2D eigenvalue weighted by atomic mass is 10.0. The van der Waals surface area contributed by atoms with Crippen molar-refractivity contribution < 1.29 is 33.2 Å². The maximum atomic E-state index is 6.45. The SMILES string of the molecule is C=COc1ccc(COc2ccc(CCc3ccc(OCc4ccc5cc(OCCCOC6CO6)ccc5c4)c(OC)c3)cc2/C=N/N(CCC(C)C)c2nc3ccccc3s2)cc1. The Balaban J connectivity index is 0.931. The summed E-state index contributed by atoms with van der Waals surface area (Å²) in [6.45, 7) is 11.6. The molecule has 0 radical (unpaired) electrons. The zero-order valence-corrected chi connectivity index (χ0v) is 37.6. The van der Waals surface area contributed by atoms with Gasteiger partial charge in [0.05, 0.1) is 43.0 Å². The molecule has 11 heteroatoms. The van der Waals surface area contributed by atoms with Gasteiger partial charge in [-0.2, -0.15) is 5.10 Å². The normalized spacial score (nSPS) is 13.4. The second-order valence-electron chi connectivity index (χ2n) is 16.1. The third kappa shape index (κ3) is 12.4. The number of ether oxygens (including phenoxy) is 7. The number of nitrogens with zero attached hydrogens (tertiary/aromatic N) is 3. The van der Waals surface area contributed by atoms with Crippen molar-refractivity contribution in [2.24, 2.45) is 11.0 Å². The van der Waals surface area contributed by atoms with Crippen LogP contribution in [0.5, 0.6) is 28.7 Å². The molecule has 10 nitrogen and oxygen atoms in total. The summed E-state index contributed by atoms with van der Waals surface area (Å²) in [5.41, 5.74) is 6.27. The second-order valence-corrected chi connectivity index (χ2v) is 17.1. The molecule has 7 aromatic rings. The summed E-state index contributed by atoms with van der Waals surface area (Å²) in [5, 5.41) is 10.2. The minimum atomic E-state index is -0.0161. The number of methoxy groups -OCH3 is 1. The standard InChI is InChI=1S/C53H55N3O7S/c1-5-58-45-20-14-40(15-21-45)34-61-48-23-16-38(29-44(48)33-54-56(26-25-37(2)3)53-55-47-9-6-7-10-51(47)64-53)11-12-39-17-24-49(50(31-39)57-4)62-35-41-13-18-43-32-46(22-19-42(43)30-41)59-27-8-28-60-52-36-63-52/h5-7,9-10,13-24,29-33,37,52H,1,8,11-12,25-28,34-36H2,2-4H3/b54-33+. The van der Waals surface area contributed by atoms with E-state index < -0.39 is 0 Å². The molecule has 1 aliphatic rings. The Morgan fingerprint density at radius 2 is 1.47 bits per heavy atom. The lowest BCUT2D eigenvalue weighted by molar-refractivity contribution is 0.0435. The maximum Gasteiger partial charge on any atom is 0.207 e. The fourth-order valence-electron chi connectivity index (χ4n) is 7.08. The van der Waals surface area contributed by atoms with Crippen molar-refractivity contribution in [2.75, 3.05) is 38.5 Å². The minimum absolute atomic E-state index is 0.0161. The molecule has 2 heterocycles. The number of aryl methyl sites for hydroxylation is 2. The van der Waals surface area contributed by atoms with Crippen LogP contribution in [-0.2, 0) is 35.5 Å². The van der Waals surface area contributed by atoms with Gasteiger partial charge in [0.1, 0.15) is 37.1 Å². The molecule has 0 spiro atoms. The maximum absolute atomic E-state index is 6.45. The van der Waals surface area contributed by atoms with E-state index >= 15 is 0 Å². The molecule has 0 aliphatic carbocycles. The van der Waals surface area contributed by atoms with Crippen molar-refractivity contribution in [2.45, 2.75) is 59.0 Å². The summed E-state index contributed by atoms with van der Waals surface area (Å²) in [5.74, 6) is 4.24. The number of hydrazone groups is 1. The summed E-state index contributed by atoms with van der Waals surface area (Å²) in [4.78, 5) is 4.93. The van der Waals surface area contributed by atoms with Crippen LogP contribution in [0.2, 0.25) is 0 Å². The zero-order chi connectivity index (χ0) is 44.1. The monoisotopic (exact) mass is 877 g/mol. The first kappa shape index (κ1) is 44.2. The lowest BCUT2D eigenvalue weighted by Crippen LogP contribution is -2.19. The van der Waals surface area contributed by atoms with Crippen molar-refractivity contribution in [3.8, 4) is 28.7 Å². The van der Waals surface area contributed by atoms with Crippen molar-refractivity contribution in [3.63, 3.8) is 0 Å². The Morgan fingerprint density at radius 1 is 0.766 bits per heavy atom. The molecule has 1 saturated heterocycles. The van der Waals surface area contributed by atoms with Gasteiger partial charge in [-0.3, -0.25) is 0 Å². The highest BCUT2D eigenvalue weighted by Gasteiger charge is 2.22. The summed E-state index contributed by atoms with van der Waals surface area (Å²) >= 11 is 1.65. The molecular weight excluding hydrogens is 823 g/mol. The van der Waals surface area contributed by atoms with Gasteiger partial charge in [0.15, 0.2) is 17.8 Å². The van der Waals surface area contributed by atoms with E-state index in [0.717, 1.165) is 103 Å². The average molecular weight is 878 g/mol. The van der Waals surface area contributed by atoms with Gasteiger partial charge in [-0.15, -0.1) is 0 Å². The fraction of sp³-hybridized carbons (Fsp3) is 0.283. The zero-order valence-electron chi connectivity index (χ0n) is 36.7. The smallest absolute Gasteiger partial charge is 0.207 e. The van der Waals surface area contributed by atoms with Crippen LogP contribution in [0.1, 0.15) is 54.5 Å². The summed E-state index contributed by atoms with van der Waals surface area (Å²) < 4.78 is 41.7. The number of rotatable bonds is 24. The van der Waals surface area contributed by atoms with Gasteiger partial charge >= 0.3 is 0 Å². The predicted octanol–water partition coefficient (Wildman–Crippen LogP) is 12.0. The van der Waals surface area contributed by atoms with E-state index in [4.69, 9.17) is 43.2 Å². The number of para-hydroxylation sites is 1. The first-order valence-corrected chi connectivity index (χ1v) is 22.7. The van der Waals surface area contributed by atoms with E-state index in [-0.39, 0.29) is 6.29 Å². The van der Waals surface area contributed by atoms with Gasteiger partial charge in [0, 0.05) is 18.5 Å². The van der Waals surface area contributed by atoms with E-state index in [1.165, 1.54) is 6.26 Å². The quantitative estimate of drug-likeness (QED) is 0.0193.